The van der Waals surface area contributed by atoms with Gasteiger partial charge in [0, 0.05) is 17.5 Å². The van der Waals surface area contributed by atoms with Crippen molar-refractivity contribution in [3.8, 4) is 0 Å². The first kappa shape index (κ1) is 16.2. The molecule has 2 heterocycles. The average molecular weight is 328 g/mol. The maximum absolute atomic E-state index is 12.2. The second-order valence-electron chi connectivity index (χ2n) is 6.15. The van der Waals surface area contributed by atoms with Gasteiger partial charge in [-0.3, -0.25) is 9.69 Å². The van der Waals surface area contributed by atoms with Gasteiger partial charge in [-0.25, -0.2) is 0 Å². The lowest BCUT2D eigenvalue weighted by Gasteiger charge is -2.28. The van der Waals surface area contributed by atoms with Crippen LogP contribution in [0.3, 0.4) is 0 Å². The monoisotopic (exact) mass is 328 g/mol. The molecule has 4 heteroatoms. The maximum atomic E-state index is 12.2. The number of thiophene rings is 1. The second kappa shape index (κ2) is 8.27. The lowest BCUT2D eigenvalue weighted by molar-refractivity contribution is -0.120. The van der Waals surface area contributed by atoms with Gasteiger partial charge in [-0.2, -0.15) is 0 Å². The van der Waals surface area contributed by atoms with Crippen LogP contribution in [0.15, 0.2) is 47.8 Å². The molecule has 1 aromatic carbocycles. The molecule has 2 aromatic rings. The molecule has 0 aliphatic carbocycles. The summed E-state index contributed by atoms with van der Waals surface area (Å²) in [6, 6.07) is 15.0. The van der Waals surface area contributed by atoms with Crippen molar-refractivity contribution in [1.82, 2.24) is 10.2 Å². The van der Waals surface area contributed by atoms with Crippen LogP contribution in [0.1, 0.15) is 23.3 Å². The van der Waals surface area contributed by atoms with Gasteiger partial charge in [-0.05, 0) is 49.4 Å². The largest absolute Gasteiger partial charge is 0.354 e. The molecule has 0 radical (unpaired) electrons. The summed E-state index contributed by atoms with van der Waals surface area (Å²) in [5.41, 5.74) is 1.34. The first-order valence-corrected chi connectivity index (χ1v) is 9.26. The van der Waals surface area contributed by atoms with Gasteiger partial charge in [-0.15, -0.1) is 11.3 Å². The van der Waals surface area contributed by atoms with Crippen molar-refractivity contribution in [1.29, 1.82) is 0 Å². The summed E-state index contributed by atoms with van der Waals surface area (Å²) in [4.78, 5) is 15.8. The van der Waals surface area contributed by atoms with Gasteiger partial charge < -0.3 is 5.32 Å². The number of likely N-dealkylation sites (tertiary alicyclic amines) is 1. The van der Waals surface area contributed by atoms with Crippen LogP contribution in [0, 0.1) is 0 Å². The number of hydrogen-bond donors (Lipinski definition) is 1. The minimum absolute atomic E-state index is 0.129. The quantitative estimate of drug-likeness (QED) is 0.847. The highest BCUT2D eigenvalue weighted by Gasteiger charge is 2.22. The highest BCUT2D eigenvalue weighted by Crippen LogP contribution is 2.16. The molecule has 0 saturated carbocycles. The topological polar surface area (TPSA) is 32.3 Å². The van der Waals surface area contributed by atoms with Gasteiger partial charge in [0.05, 0.1) is 6.42 Å². The third kappa shape index (κ3) is 4.91. The standard InChI is InChI=1S/C19H24N2OS/c22-19(14-18-9-6-12-23-18)20-15-17(21-10-4-5-11-21)13-16-7-2-1-3-8-16/h1-3,6-9,12,17H,4-5,10-11,13-15H2,(H,20,22). The van der Waals surface area contributed by atoms with E-state index >= 15 is 0 Å². The van der Waals surface area contributed by atoms with E-state index < -0.39 is 0 Å². The van der Waals surface area contributed by atoms with E-state index in [9.17, 15) is 4.79 Å². The van der Waals surface area contributed by atoms with Crippen LogP contribution in [0.5, 0.6) is 0 Å². The Kier molecular flexibility index (Phi) is 5.83. The molecule has 1 fully saturated rings. The van der Waals surface area contributed by atoms with Crippen molar-refractivity contribution < 1.29 is 4.79 Å². The number of benzene rings is 1. The molecule has 1 aliphatic rings. The van der Waals surface area contributed by atoms with Crippen LogP contribution in [-0.4, -0.2) is 36.5 Å². The van der Waals surface area contributed by atoms with E-state index in [1.54, 1.807) is 11.3 Å². The molecule has 23 heavy (non-hydrogen) atoms. The van der Waals surface area contributed by atoms with Gasteiger partial charge in [-0.1, -0.05) is 36.4 Å². The molecular weight excluding hydrogens is 304 g/mol. The van der Waals surface area contributed by atoms with E-state index in [1.807, 2.05) is 17.5 Å². The number of rotatable bonds is 7. The number of amides is 1. The Morgan fingerprint density at radius 3 is 2.61 bits per heavy atom. The summed E-state index contributed by atoms with van der Waals surface area (Å²) in [6.07, 6.45) is 4.04. The van der Waals surface area contributed by atoms with Crippen LogP contribution in [0.2, 0.25) is 0 Å². The molecule has 0 spiro atoms. The number of carbonyl (C=O) groups is 1. The SMILES string of the molecule is O=C(Cc1cccs1)NCC(Cc1ccccc1)N1CCCC1. The molecular formula is C19H24N2OS. The lowest BCUT2D eigenvalue weighted by atomic mass is 10.0. The van der Waals surface area contributed by atoms with Crippen LogP contribution in [0.25, 0.3) is 0 Å². The van der Waals surface area contributed by atoms with Gasteiger partial charge in [0.1, 0.15) is 0 Å². The van der Waals surface area contributed by atoms with Gasteiger partial charge >= 0.3 is 0 Å². The van der Waals surface area contributed by atoms with Crippen molar-refractivity contribution in [3.05, 3.63) is 58.3 Å². The molecule has 1 atom stereocenters. The third-order valence-corrected chi connectivity index (χ3v) is 5.30. The maximum Gasteiger partial charge on any atom is 0.225 e. The van der Waals surface area contributed by atoms with E-state index in [-0.39, 0.29) is 5.91 Å². The average Bonchev–Trinajstić information content (AvgIpc) is 3.26. The number of nitrogens with zero attached hydrogens (tertiary/aromatic N) is 1. The summed E-state index contributed by atoms with van der Waals surface area (Å²) in [5, 5.41) is 5.16. The number of carbonyl (C=O) groups excluding carboxylic acids is 1. The van der Waals surface area contributed by atoms with E-state index in [4.69, 9.17) is 0 Å². The van der Waals surface area contributed by atoms with Crippen LogP contribution in [-0.2, 0) is 17.6 Å². The molecule has 3 rings (SSSR count). The lowest BCUT2D eigenvalue weighted by Crippen LogP contribution is -2.44. The zero-order valence-electron chi connectivity index (χ0n) is 13.4. The van der Waals surface area contributed by atoms with Crippen molar-refractivity contribution in [3.63, 3.8) is 0 Å². The Hall–Kier alpha value is -1.65. The van der Waals surface area contributed by atoms with Crippen LogP contribution < -0.4 is 5.32 Å². The molecule has 1 saturated heterocycles. The Morgan fingerprint density at radius 1 is 1.13 bits per heavy atom. The predicted octanol–water partition coefficient (Wildman–Crippen LogP) is 3.11. The molecule has 0 bridgehead atoms. The Labute approximate surface area is 142 Å². The van der Waals surface area contributed by atoms with Gasteiger partial charge in [0.2, 0.25) is 5.91 Å². The highest BCUT2D eigenvalue weighted by atomic mass is 32.1. The fraction of sp³-hybridized carbons (Fsp3) is 0.421. The minimum atomic E-state index is 0.129. The van der Waals surface area contributed by atoms with E-state index in [0.717, 1.165) is 30.9 Å². The van der Waals surface area contributed by atoms with Gasteiger partial charge in [0.25, 0.3) is 0 Å². The van der Waals surface area contributed by atoms with E-state index in [2.05, 4.69) is 40.5 Å². The van der Waals surface area contributed by atoms with E-state index in [0.29, 0.717) is 12.5 Å². The fourth-order valence-corrected chi connectivity index (χ4v) is 3.89. The third-order valence-electron chi connectivity index (χ3n) is 4.42. The van der Waals surface area contributed by atoms with Crippen LogP contribution in [0.4, 0.5) is 0 Å². The Balaban J connectivity index is 1.56. The van der Waals surface area contributed by atoms with Crippen molar-refractivity contribution in [2.75, 3.05) is 19.6 Å². The molecule has 1 amide bonds. The second-order valence-corrected chi connectivity index (χ2v) is 7.18. The molecule has 3 nitrogen and oxygen atoms in total. The smallest absolute Gasteiger partial charge is 0.225 e. The zero-order chi connectivity index (χ0) is 15.9. The van der Waals surface area contributed by atoms with Crippen LogP contribution >= 0.6 is 11.3 Å². The molecule has 1 unspecified atom stereocenters. The fourth-order valence-electron chi connectivity index (χ4n) is 3.19. The molecule has 1 aliphatic heterocycles. The summed E-state index contributed by atoms with van der Waals surface area (Å²) < 4.78 is 0. The van der Waals surface area contributed by atoms with Crippen molar-refractivity contribution >= 4 is 17.2 Å². The number of hydrogen-bond acceptors (Lipinski definition) is 3. The highest BCUT2D eigenvalue weighted by molar-refractivity contribution is 7.10. The van der Waals surface area contributed by atoms with Crippen molar-refractivity contribution in [2.24, 2.45) is 0 Å². The molecule has 122 valence electrons. The predicted molar refractivity (Wildman–Crippen MR) is 95.8 cm³/mol. The molecule has 1 N–H and O–H groups in total. The Bertz CT molecular complexity index is 591. The summed E-state index contributed by atoms with van der Waals surface area (Å²) in [7, 11) is 0. The number of nitrogens with one attached hydrogen (secondary N) is 1. The van der Waals surface area contributed by atoms with E-state index in [1.165, 1.54) is 18.4 Å². The summed E-state index contributed by atoms with van der Waals surface area (Å²) in [5.74, 6) is 0.129. The summed E-state index contributed by atoms with van der Waals surface area (Å²) in [6.45, 7) is 3.04. The van der Waals surface area contributed by atoms with Gasteiger partial charge in [0.15, 0.2) is 0 Å². The Morgan fingerprint density at radius 2 is 1.91 bits per heavy atom. The zero-order valence-corrected chi connectivity index (χ0v) is 14.2. The summed E-state index contributed by atoms with van der Waals surface area (Å²) >= 11 is 1.64. The normalized spacial score (nSPS) is 16.3. The minimum Gasteiger partial charge on any atom is -0.354 e. The molecule has 1 aromatic heterocycles. The first-order valence-electron chi connectivity index (χ1n) is 8.38. The first-order chi connectivity index (χ1) is 11.3. The van der Waals surface area contributed by atoms with Crippen molar-refractivity contribution in [2.45, 2.75) is 31.7 Å².